The van der Waals surface area contributed by atoms with Crippen molar-refractivity contribution < 1.29 is 9.59 Å². The van der Waals surface area contributed by atoms with Crippen LogP contribution in [0.25, 0.3) is 0 Å². The first-order valence-corrected chi connectivity index (χ1v) is 5.80. The van der Waals surface area contributed by atoms with Gasteiger partial charge in [-0.2, -0.15) is 0 Å². The van der Waals surface area contributed by atoms with Crippen LogP contribution >= 0.6 is 12.6 Å². The summed E-state index contributed by atoms with van der Waals surface area (Å²) >= 11 is 4.33. The van der Waals surface area contributed by atoms with Crippen LogP contribution in [-0.2, 0) is 0 Å². The van der Waals surface area contributed by atoms with E-state index in [0.29, 0.717) is 0 Å². The Balaban J connectivity index is 3.09. The molecule has 6 heteroatoms. The molecule has 1 unspecified atom stereocenters. The Morgan fingerprint density at radius 3 is 2.06 bits per heavy atom. The molecule has 1 N–H and O–H groups in total. The second-order valence-electron chi connectivity index (χ2n) is 4.66. The second-order valence-corrected chi connectivity index (χ2v) is 5.53. The lowest BCUT2D eigenvalue weighted by Crippen LogP contribution is -2.71. The molecule has 5 nitrogen and oxygen atoms in total. The zero-order valence-electron chi connectivity index (χ0n) is 10.3. The van der Waals surface area contributed by atoms with Gasteiger partial charge in [-0.15, -0.1) is 12.6 Å². The van der Waals surface area contributed by atoms with Crippen LogP contribution in [0.5, 0.6) is 0 Å². The van der Waals surface area contributed by atoms with Crippen LogP contribution in [0, 0.1) is 0 Å². The van der Waals surface area contributed by atoms with Gasteiger partial charge in [-0.3, -0.25) is 4.90 Å². The summed E-state index contributed by atoms with van der Waals surface area (Å²) in [6.07, 6.45) is 0. The summed E-state index contributed by atoms with van der Waals surface area (Å²) in [5.41, 5.74) is 0. The Morgan fingerprint density at radius 2 is 1.69 bits per heavy atom. The third-order valence-corrected chi connectivity index (χ3v) is 2.80. The molecule has 0 bridgehead atoms. The van der Waals surface area contributed by atoms with Crippen molar-refractivity contribution >= 4 is 24.7 Å². The molecule has 1 saturated heterocycles. The van der Waals surface area contributed by atoms with Gasteiger partial charge in [0.15, 0.2) is 4.99 Å². The lowest BCUT2D eigenvalue weighted by atomic mass is 10.2. The monoisotopic (exact) mass is 245 g/mol. The van der Waals surface area contributed by atoms with E-state index in [0.717, 1.165) is 0 Å². The van der Waals surface area contributed by atoms with Crippen molar-refractivity contribution in [3.8, 4) is 0 Å². The quantitative estimate of drug-likeness (QED) is 0.730. The number of carbonyl (C=O) groups excluding carboxylic acids is 2. The number of hydrogen-bond donors (Lipinski definition) is 2. The maximum absolute atomic E-state index is 12.2. The number of nitrogens with one attached hydrogen (secondary N) is 1. The van der Waals surface area contributed by atoms with E-state index in [1.165, 1.54) is 4.90 Å². The minimum Gasteiger partial charge on any atom is -0.306 e. The lowest BCUT2D eigenvalue weighted by Gasteiger charge is -2.48. The third-order valence-electron chi connectivity index (χ3n) is 2.48. The van der Waals surface area contributed by atoms with Gasteiger partial charge in [-0.05, 0) is 34.6 Å². The average Bonchev–Trinajstić information content (AvgIpc) is 1.97. The number of carbonyl (C=O) groups is 2. The Hall–Kier alpha value is -0.910. The maximum atomic E-state index is 12.2. The van der Waals surface area contributed by atoms with Crippen LogP contribution in [0.15, 0.2) is 0 Å². The van der Waals surface area contributed by atoms with Crippen LogP contribution in [0.1, 0.15) is 34.6 Å². The zero-order valence-corrected chi connectivity index (χ0v) is 11.2. The van der Waals surface area contributed by atoms with E-state index in [1.54, 1.807) is 25.7 Å². The number of thiol groups is 1. The minimum absolute atomic E-state index is 0.0307. The summed E-state index contributed by atoms with van der Waals surface area (Å²) in [6, 6.07) is -0.893. The van der Waals surface area contributed by atoms with Crippen molar-refractivity contribution in [3.63, 3.8) is 0 Å². The summed E-state index contributed by atoms with van der Waals surface area (Å²) in [6.45, 7) is 9.09. The standard InChI is InChI=1S/C10H19N3O2S/c1-6(2)12-8(14)11-10(5,16)13(7(3)4)9(12)15/h6-7,16H,1-5H3,(H,11,14). The smallest absolute Gasteiger partial charge is 0.306 e. The molecule has 1 rings (SSSR count). The Kier molecular flexibility index (Phi) is 3.42. The van der Waals surface area contributed by atoms with Gasteiger partial charge < -0.3 is 5.32 Å². The number of urea groups is 2. The molecule has 1 atom stereocenters. The Morgan fingerprint density at radius 1 is 1.19 bits per heavy atom. The average molecular weight is 245 g/mol. The number of rotatable bonds is 2. The number of amides is 4. The van der Waals surface area contributed by atoms with Gasteiger partial charge in [0, 0.05) is 12.1 Å². The van der Waals surface area contributed by atoms with Crippen LogP contribution in [0.2, 0.25) is 0 Å². The Bertz CT molecular complexity index is 315. The molecule has 0 aromatic rings. The third kappa shape index (κ3) is 2.11. The number of imide groups is 1. The van der Waals surface area contributed by atoms with Crippen molar-refractivity contribution in [1.29, 1.82) is 0 Å². The van der Waals surface area contributed by atoms with Gasteiger partial charge in [-0.1, -0.05) is 0 Å². The molecule has 16 heavy (non-hydrogen) atoms. The fraction of sp³-hybridized carbons (Fsp3) is 0.800. The molecule has 0 aliphatic carbocycles. The van der Waals surface area contributed by atoms with Crippen LogP contribution < -0.4 is 5.32 Å². The summed E-state index contributed by atoms with van der Waals surface area (Å²) in [7, 11) is 0. The highest BCUT2D eigenvalue weighted by atomic mass is 32.1. The maximum Gasteiger partial charge on any atom is 0.331 e. The first kappa shape index (κ1) is 13.2. The molecule has 1 heterocycles. The fourth-order valence-corrected chi connectivity index (χ4v) is 2.30. The van der Waals surface area contributed by atoms with Crippen LogP contribution in [0.3, 0.4) is 0 Å². The molecule has 1 fully saturated rings. The highest BCUT2D eigenvalue weighted by Crippen LogP contribution is 2.26. The van der Waals surface area contributed by atoms with E-state index in [9.17, 15) is 9.59 Å². The molecule has 0 aromatic heterocycles. The molecule has 92 valence electrons. The van der Waals surface area contributed by atoms with Crippen LogP contribution in [0.4, 0.5) is 9.59 Å². The predicted octanol–water partition coefficient (Wildman–Crippen LogP) is 1.85. The van der Waals surface area contributed by atoms with Gasteiger partial charge in [0.05, 0.1) is 0 Å². The van der Waals surface area contributed by atoms with E-state index in [4.69, 9.17) is 0 Å². The number of nitrogens with zero attached hydrogens (tertiary/aromatic N) is 2. The van der Waals surface area contributed by atoms with E-state index in [-0.39, 0.29) is 18.1 Å². The normalized spacial score (nSPS) is 26.8. The van der Waals surface area contributed by atoms with E-state index >= 15 is 0 Å². The van der Waals surface area contributed by atoms with Crippen molar-refractivity contribution in [2.75, 3.05) is 0 Å². The van der Waals surface area contributed by atoms with Gasteiger partial charge in [0.1, 0.15) is 0 Å². The van der Waals surface area contributed by atoms with Gasteiger partial charge in [0.2, 0.25) is 0 Å². The summed E-state index contributed by atoms with van der Waals surface area (Å²) in [5, 5.41) is 2.71. The molecular formula is C10H19N3O2S. The van der Waals surface area contributed by atoms with E-state index in [2.05, 4.69) is 17.9 Å². The Labute approximate surface area is 102 Å². The van der Waals surface area contributed by atoms with E-state index in [1.807, 2.05) is 13.8 Å². The summed E-state index contributed by atoms with van der Waals surface area (Å²) in [4.78, 5) is 25.7. The largest absolute Gasteiger partial charge is 0.331 e. The van der Waals surface area contributed by atoms with Crippen molar-refractivity contribution in [3.05, 3.63) is 0 Å². The molecular weight excluding hydrogens is 226 g/mol. The highest BCUT2D eigenvalue weighted by molar-refractivity contribution is 7.81. The second kappa shape index (κ2) is 4.16. The first-order valence-electron chi connectivity index (χ1n) is 5.35. The highest BCUT2D eigenvalue weighted by Gasteiger charge is 2.45. The molecule has 1 aliphatic rings. The zero-order chi connectivity index (χ0) is 12.7. The van der Waals surface area contributed by atoms with E-state index < -0.39 is 11.0 Å². The van der Waals surface area contributed by atoms with Crippen LogP contribution in [-0.4, -0.2) is 38.9 Å². The molecule has 4 amide bonds. The van der Waals surface area contributed by atoms with Gasteiger partial charge in [-0.25, -0.2) is 14.5 Å². The molecule has 0 radical (unpaired) electrons. The fourth-order valence-electron chi connectivity index (χ4n) is 1.89. The molecule has 1 aliphatic heterocycles. The predicted molar refractivity (Wildman–Crippen MR) is 65.3 cm³/mol. The van der Waals surface area contributed by atoms with Gasteiger partial charge >= 0.3 is 12.1 Å². The van der Waals surface area contributed by atoms with Crippen molar-refractivity contribution in [1.82, 2.24) is 15.1 Å². The first-order chi connectivity index (χ1) is 7.18. The molecule has 0 saturated carbocycles. The summed E-state index contributed by atoms with van der Waals surface area (Å²) in [5.74, 6) is 0. The lowest BCUT2D eigenvalue weighted by molar-refractivity contribution is 0.0729. The summed E-state index contributed by atoms with van der Waals surface area (Å²) < 4.78 is 0. The minimum atomic E-state index is -0.937. The SMILES string of the molecule is CC(C)N1C(=O)NC(C)(S)N(C(C)C)C1=O. The molecule has 0 aromatic carbocycles. The number of hydrogen-bond acceptors (Lipinski definition) is 3. The molecule has 0 spiro atoms. The van der Waals surface area contributed by atoms with Gasteiger partial charge in [0.25, 0.3) is 0 Å². The van der Waals surface area contributed by atoms with Crippen molar-refractivity contribution in [2.45, 2.75) is 51.7 Å². The van der Waals surface area contributed by atoms with Crippen molar-refractivity contribution in [2.24, 2.45) is 0 Å². The topological polar surface area (TPSA) is 52.7 Å².